The third-order valence-electron chi connectivity index (χ3n) is 4.95. The molecule has 0 unspecified atom stereocenters. The van der Waals surface area contributed by atoms with Crippen LogP contribution in [0.25, 0.3) is 0 Å². The van der Waals surface area contributed by atoms with E-state index in [4.69, 9.17) is 4.74 Å². The van der Waals surface area contributed by atoms with Crippen molar-refractivity contribution in [2.45, 2.75) is 51.9 Å². The summed E-state index contributed by atoms with van der Waals surface area (Å²) in [7, 11) is 0. The van der Waals surface area contributed by atoms with Gasteiger partial charge in [-0.05, 0) is 63.7 Å². The fourth-order valence-electron chi connectivity index (χ4n) is 3.58. The maximum absolute atomic E-state index is 10.2. The standard InChI is InChI=1S/C21H26O2/c1-14(2)19-10-7-15(3)5-4-6-16-8-9-17-11-18(22)12-20(19)21(17)23-13-16/h5,8,11-12,19,22H,1,4,6-7,9-10,13H2,2-3H3/b15-5-/t19-/m0/s1. The Hall–Kier alpha value is -1.96. The third-order valence-corrected chi connectivity index (χ3v) is 4.95. The Balaban J connectivity index is 2.11. The van der Waals surface area contributed by atoms with Gasteiger partial charge >= 0.3 is 0 Å². The van der Waals surface area contributed by atoms with Crippen LogP contribution in [0.2, 0.25) is 0 Å². The summed E-state index contributed by atoms with van der Waals surface area (Å²) in [4.78, 5) is 0. The number of rotatable bonds is 1. The van der Waals surface area contributed by atoms with Gasteiger partial charge < -0.3 is 9.84 Å². The Morgan fingerprint density at radius 1 is 1.26 bits per heavy atom. The molecule has 0 saturated carbocycles. The lowest BCUT2D eigenvalue weighted by Gasteiger charge is -2.23. The van der Waals surface area contributed by atoms with Crippen molar-refractivity contribution in [3.05, 3.63) is 58.7 Å². The molecule has 122 valence electrons. The lowest BCUT2D eigenvalue weighted by molar-refractivity contribution is 0.340. The number of benzene rings is 1. The molecule has 0 spiro atoms. The Kier molecular flexibility index (Phi) is 4.61. The Morgan fingerprint density at radius 2 is 2.09 bits per heavy atom. The van der Waals surface area contributed by atoms with Crippen molar-refractivity contribution in [3.8, 4) is 11.5 Å². The number of ether oxygens (including phenoxy) is 1. The first-order valence-corrected chi connectivity index (χ1v) is 8.52. The van der Waals surface area contributed by atoms with Crippen LogP contribution in [0, 0.1) is 0 Å². The van der Waals surface area contributed by atoms with Gasteiger partial charge in [0.1, 0.15) is 18.1 Å². The average Bonchev–Trinajstić information content (AvgIpc) is 2.68. The van der Waals surface area contributed by atoms with Crippen LogP contribution in [0.15, 0.2) is 47.6 Å². The Bertz CT molecular complexity index is 679. The molecule has 2 nitrogen and oxygen atoms in total. The van der Waals surface area contributed by atoms with Gasteiger partial charge in [-0.3, -0.25) is 0 Å². The summed E-state index contributed by atoms with van der Waals surface area (Å²) in [6.07, 6.45) is 9.66. The molecule has 0 saturated heterocycles. The van der Waals surface area contributed by atoms with E-state index in [0.29, 0.717) is 12.4 Å². The van der Waals surface area contributed by atoms with E-state index in [0.717, 1.165) is 54.6 Å². The van der Waals surface area contributed by atoms with Crippen LogP contribution in [-0.2, 0) is 6.42 Å². The highest BCUT2D eigenvalue weighted by molar-refractivity contribution is 5.52. The molecule has 1 N–H and O–H groups in total. The molecule has 0 aromatic heterocycles. The maximum atomic E-state index is 10.2. The molecule has 0 amide bonds. The van der Waals surface area contributed by atoms with Crippen LogP contribution >= 0.6 is 0 Å². The zero-order chi connectivity index (χ0) is 16.4. The van der Waals surface area contributed by atoms with E-state index in [-0.39, 0.29) is 5.92 Å². The molecule has 0 aliphatic carbocycles. The first kappa shape index (κ1) is 15.9. The van der Waals surface area contributed by atoms with Gasteiger partial charge in [0, 0.05) is 17.0 Å². The van der Waals surface area contributed by atoms with Gasteiger partial charge in [-0.15, -0.1) is 0 Å². The smallest absolute Gasteiger partial charge is 0.127 e. The van der Waals surface area contributed by atoms with Gasteiger partial charge in [0.15, 0.2) is 0 Å². The molecule has 0 radical (unpaired) electrons. The maximum Gasteiger partial charge on any atom is 0.127 e. The van der Waals surface area contributed by atoms with Crippen LogP contribution in [0.5, 0.6) is 11.5 Å². The largest absolute Gasteiger partial charge is 0.508 e. The Morgan fingerprint density at radius 3 is 2.87 bits per heavy atom. The molecule has 2 heteroatoms. The molecule has 1 aromatic carbocycles. The number of allylic oxidation sites excluding steroid dienone is 4. The summed E-state index contributed by atoms with van der Waals surface area (Å²) in [6.45, 7) is 9.14. The predicted molar refractivity (Wildman–Crippen MR) is 95.2 cm³/mol. The van der Waals surface area contributed by atoms with Crippen molar-refractivity contribution in [1.29, 1.82) is 0 Å². The summed E-state index contributed by atoms with van der Waals surface area (Å²) in [5.41, 5.74) is 6.10. The third kappa shape index (κ3) is 3.52. The number of hydrogen-bond acceptors (Lipinski definition) is 2. The molecular formula is C21H26O2. The molecular weight excluding hydrogens is 284 g/mol. The molecule has 2 bridgehead atoms. The van der Waals surface area contributed by atoms with E-state index in [1.807, 2.05) is 12.1 Å². The molecule has 1 aromatic rings. The highest BCUT2D eigenvalue weighted by atomic mass is 16.5. The monoisotopic (exact) mass is 310 g/mol. The second kappa shape index (κ2) is 6.66. The summed E-state index contributed by atoms with van der Waals surface area (Å²) < 4.78 is 6.19. The van der Waals surface area contributed by atoms with Crippen LogP contribution in [-0.4, -0.2) is 11.7 Å². The molecule has 2 heterocycles. The first-order valence-electron chi connectivity index (χ1n) is 8.52. The van der Waals surface area contributed by atoms with E-state index in [1.54, 1.807) is 0 Å². The predicted octanol–water partition coefficient (Wildman–Crippen LogP) is 5.43. The van der Waals surface area contributed by atoms with Gasteiger partial charge in [0.2, 0.25) is 0 Å². The van der Waals surface area contributed by atoms with Gasteiger partial charge in [0.25, 0.3) is 0 Å². The van der Waals surface area contributed by atoms with E-state index >= 15 is 0 Å². The minimum Gasteiger partial charge on any atom is -0.508 e. The second-order valence-corrected chi connectivity index (χ2v) is 6.91. The number of fused-ring (bicyclic) bond motifs is 2. The topological polar surface area (TPSA) is 29.5 Å². The molecule has 1 atom stereocenters. The normalized spacial score (nSPS) is 23.5. The molecule has 23 heavy (non-hydrogen) atoms. The fraction of sp³-hybridized carbons (Fsp3) is 0.429. The van der Waals surface area contributed by atoms with E-state index < -0.39 is 0 Å². The van der Waals surface area contributed by atoms with E-state index in [2.05, 4.69) is 32.6 Å². The van der Waals surface area contributed by atoms with Gasteiger partial charge in [-0.1, -0.05) is 29.9 Å². The number of aromatic hydroxyl groups is 1. The van der Waals surface area contributed by atoms with Crippen molar-refractivity contribution in [3.63, 3.8) is 0 Å². The van der Waals surface area contributed by atoms with Crippen LogP contribution in [0.1, 0.15) is 56.6 Å². The van der Waals surface area contributed by atoms with Gasteiger partial charge in [-0.2, -0.15) is 0 Å². The molecule has 0 fully saturated rings. The summed E-state index contributed by atoms with van der Waals surface area (Å²) in [5.74, 6) is 1.51. The van der Waals surface area contributed by atoms with Crippen LogP contribution in [0.3, 0.4) is 0 Å². The molecule has 2 aliphatic rings. The second-order valence-electron chi connectivity index (χ2n) is 6.91. The van der Waals surface area contributed by atoms with Crippen LogP contribution in [0.4, 0.5) is 0 Å². The minimum absolute atomic E-state index is 0.222. The van der Waals surface area contributed by atoms with Crippen molar-refractivity contribution >= 4 is 0 Å². The average molecular weight is 310 g/mol. The minimum atomic E-state index is 0.222. The lowest BCUT2D eigenvalue weighted by Crippen LogP contribution is -2.08. The van der Waals surface area contributed by atoms with Crippen molar-refractivity contribution < 1.29 is 9.84 Å². The molecule has 2 aliphatic heterocycles. The summed E-state index contributed by atoms with van der Waals surface area (Å²) in [6, 6.07) is 3.71. The van der Waals surface area contributed by atoms with Crippen molar-refractivity contribution in [2.24, 2.45) is 0 Å². The summed E-state index contributed by atoms with van der Waals surface area (Å²) >= 11 is 0. The number of hydrogen-bond donors (Lipinski definition) is 1. The summed E-state index contributed by atoms with van der Waals surface area (Å²) in [5, 5.41) is 10.2. The van der Waals surface area contributed by atoms with Crippen molar-refractivity contribution in [1.82, 2.24) is 0 Å². The highest BCUT2D eigenvalue weighted by Crippen LogP contribution is 2.41. The van der Waals surface area contributed by atoms with E-state index in [9.17, 15) is 5.11 Å². The number of phenolic OH excluding ortho intramolecular Hbond substituents is 1. The zero-order valence-corrected chi connectivity index (χ0v) is 14.2. The van der Waals surface area contributed by atoms with Gasteiger partial charge in [0.05, 0.1) is 0 Å². The number of phenols is 1. The Labute approximate surface area is 139 Å². The van der Waals surface area contributed by atoms with Gasteiger partial charge in [-0.25, -0.2) is 0 Å². The molecule has 3 rings (SSSR count). The quantitative estimate of drug-likeness (QED) is 0.700. The first-order chi connectivity index (χ1) is 11.0. The lowest BCUT2D eigenvalue weighted by atomic mass is 9.85. The van der Waals surface area contributed by atoms with Crippen molar-refractivity contribution in [2.75, 3.05) is 6.61 Å². The van der Waals surface area contributed by atoms with E-state index in [1.165, 1.54) is 11.1 Å². The fourth-order valence-corrected chi connectivity index (χ4v) is 3.58. The highest BCUT2D eigenvalue weighted by Gasteiger charge is 2.23. The van der Waals surface area contributed by atoms with Crippen LogP contribution < -0.4 is 4.74 Å². The zero-order valence-electron chi connectivity index (χ0n) is 14.2. The SMILES string of the molecule is C=C(C)[C@@H]1CC/C(C)=C\CCC2=CCc3cc(O)cc1c3OC2.